The van der Waals surface area contributed by atoms with Gasteiger partial charge in [-0.2, -0.15) is 0 Å². The molecule has 22 heavy (non-hydrogen) atoms. The number of carboxylic acids is 1. The predicted molar refractivity (Wildman–Crippen MR) is 79.7 cm³/mol. The number of pyridine rings is 1. The van der Waals surface area contributed by atoms with Crippen LogP contribution in [0.15, 0.2) is 30.7 Å². The van der Waals surface area contributed by atoms with Crippen molar-refractivity contribution in [2.45, 2.75) is 18.9 Å². The zero-order valence-electron chi connectivity index (χ0n) is 11.9. The Kier molecular flexibility index (Phi) is 4.24. The Balaban J connectivity index is 1.85. The van der Waals surface area contributed by atoms with Crippen molar-refractivity contribution in [1.82, 2.24) is 15.0 Å². The molecule has 0 bridgehead atoms. The lowest BCUT2D eigenvalue weighted by Crippen LogP contribution is -2.20. The van der Waals surface area contributed by atoms with Crippen molar-refractivity contribution in [3.05, 3.63) is 36.3 Å². The summed E-state index contributed by atoms with van der Waals surface area (Å²) in [5, 5.41) is 12.4. The molecule has 7 nitrogen and oxygen atoms in total. The van der Waals surface area contributed by atoms with Crippen LogP contribution < -0.4 is 5.32 Å². The number of carbonyl (C=O) groups is 1. The molecule has 2 aromatic heterocycles. The predicted octanol–water partition coefficient (Wildman–Crippen LogP) is 1.83. The standard InChI is InChI=1S/C15H16N4O3/c20-14(21)12-9-18-15(17-8-11-2-1-7-22-11)19-13(12)10-3-5-16-6-4-10/h3-6,9,11H,1-2,7-8H2,(H,20,21)(H,17,18,19). The van der Waals surface area contributed by atoms with Crippen LogP contribution in [0.4, 0.5) is 5.95 Å². The molecule has 1 fully saturated rings. The van der Waals surface area contributed by atoms with Gasteiger partial charge in [-0.05, 0) is 25.0 Å². The first-order chi connectivity index (χ1) is 10.7. The number of nitrogens with one attached hydrogen (secondary N) is 1. The van der Waals surface area contributed by atoms with Gasteiger partial charge in [-0.3, -0.25) is 4.98 Å². The number of nitrogens with zero attached hydrogens (tertiary/aromatic N) is 3. The largest absolute Gasteiger partial charge is 0.478 e. The van der Waals surface area contributed by atoms with E-state index in [9.17, 15) is 9.90 Å². The highest BCUT2D eigenvalue weighted by Crippen LogP contribution is 2.22. The third-order valence-electron chi connectivity index (χ3n) is 3.48. The van der Waals surface area contributed by atoms with E-state index in [1.807, 2.05) is 0 Å². The van der Waals surface area contributed by atoms with E-state index in [1.165, 1.54) is 6.20 Å². The molecule has 2 N–H and O–H groups in total. The Hall–Kier alpha value is -2.54. The minimum absolute atomic E-state index is 0.0638. The fraction of sp³-hybridized carbons (Fsp3) is 0.333. The molecular weight excluding hydrogens is 284 g/mol. The highest BCUT2D eigenvalue weighted by atomic mass is 16.5. The second kappa shape index (κ2) is 6.48. The quantitative estimate of drug-likeness (QED) is 0.869. The minimum Gasteiger partial charge on any atom is -0.478 e. The summed E-state index contributed by atoms with van der Waals surface area (Å²) >= 11 is 0. The van der Waals surface area contributed by atoms with E-state index in [4.69, 9.17) is 4.74 Å². The topological polar surface area (TPSA) is 97.2 Å². The summed E-state index contributed by atoms with van der Waals surface area (Å²) in [7, 11) is 0. The van der Waals surface area contributed by atoms with E-state index in [1.54, 1.807) is 24.5 Å². The second-order valence-electron chi connectivity index (χ2n) is 5.01. The third-order valence-corrected chi connectivity index (χ3v) is 3.48. The molecule has 0 radical (unpaired) electrons. The van der Waals surface area contributed by atoms with Crippen LogP contribution in [0.3, 0.4) is 0 Å². The zero-order valence-corrected chi connectivity index (χ0v) is 11.9. The molecule has 1 aliphatic rings. The lowest BCUT2D eigenvalue weighted by atomic mass is 10.1. The van der Waals surface area contributed by atoms with E-state index in [-0.39, 0.29) is 11.7 Å². The van der Waals surface area contributed by atoms with Gasteiger partial charge in [-0.1, -0.05) is 0 Å². The van der Waals surface area contributed by atoms with Gasteiger partial charge in [0, 0.05) is 37.3 Å². The number of hydrogen-bond acceptors (Lipinski definition) is 6. The Bertz CT molecular complexity index is 657. The Morgan fingerprint density at radius 2 is 2.23 bits per heavy atom. The summed E-state index contributed by atoms with van der Waals surface area (Å²) in [6.45, 7) is 1.40. The molecule has 1 aliphatic heterocycles. The first-order valence-electron chi connectivity index (χ1n) is 7.10. The van der Waals surface area contributed by atoms with Crippen molar-refractivity contribution in [2.24, 2.45) is 0 Å². The first kappa shape index (κ1) is 14.4. The van der Waals surface area contributed by atoms with Crippen LogP contribution >= 0.6 is 0 Å². The lowest BCUT2D eigenvalue weighted by molar-refractivity contribution is 0.0697. The number of anilines is 1. The highest BCUT2D eigenvalue weighted by Gasteiger charge is 2.18. The van der Waals surface area contributed by atoms with Gasteiger partial charge >= 0.3 is 5.97 Å². The maximum atomic E-state index is 11.3. The number of rotatable bonds is 5. The van der Waals surface area contributed by atoms with Crippen LogP contribution in [-0.2, 0) is 4.74 Å². The summed E-state index contributed by atoms with van der Waals surface area (Å²) in [6.07, 6.45) is 6.76. The maximum absolute atomic E-state index is 11.3. The molecule has 0 amide bonds. The van der Waals surface area contributed by atoms with Gasteiger partial charge in [-0.25, -0.2) is 14.8 Å². The smallest absolute Gasteiger partial charge is 0.339 e. The highest BCUT2D eigenvalue weighted by molar-refractivity contribution is 5.94. The van der Waals surface area contributed by atoms with Crippen LogP contribution in [0.5, 0.6) is 0 Å². The SMILES string of the molecule is O=C(O)c1cnc(NCC2CCCO2)nc1-c1ccncc1. The summed E-state index contributed by atoms with van der Waals surface area (Å²) in [5.74, 6) is -0.662. The van der Waals surface area contributed by atoms with Crippen LogP contribution in [0.2, 0.25) is 0 Å². The molecule has 1 unspecified atom stereocenters. The van der Waals surface area contributed by atoms with Gasteiger partial charge in [0.25, 0.3) is 0 Å². The van der Waals surface area contributed by atoms with E-state index < -0.39 is 5.97 Å². The fourth-order valence-corrected chi connectivity index (χ4v) is 2.36. The van der Waals surface area contributed by atoms with E-state index in [2.05, 4.69) is 20.3 Å². The van der Waals surface area contributed by atoms with Gasteiger partial charge in [0.15, 0.2) is 0 Å². The minimum atomic E-state index is -1.06. The fourth-order valence-electron chi connectivity index (χ4n) is 2.36. The molecule has 1 atom stereocenters. The number of hydrogen-bond donors (Lipinski definition) is 2. The Labute approximate surface area is 127 Å². The van der Waals surface area contributed by atoms with Crippen LogP contribution in [0, 0.1) is 0 Å². The van der Waals surface area contributed by atoms with Gasteiger partial charge < -0.3 is 15.2 Å². The van der Waals surface area contributed by atoms with E-state index >= 15 is 0 Å². The maximum Gasteiger partial charge on any atom is 0.339 e. The van der Waals surface area contributed by atoms with Crippen molar-refractivity contribution in [3.8, 4) is 11.3 Å². The van der Waals surface area contributed by atoms with Crippen molar-refractivity contribution in [3.63, 3.8) is 0 Å². The summed E-state index contributed by atoms with van der Waals surface area (Å²) < 4.78 is 5.53. The zero-order chi connectivity index (χ0) is 15.4. The molecule has 1 saturated heterocycles. The van der Waals surface area contributed by atoms with E-state index in [0.29, 0.717) is 23.8 Å². The molecule has 0 spiro atoms. The Morgan fingerprint density at radius 1 is 1.41 bits per heavy atom. The monoisotopic (exact) mass is 300 g/mol. The molecule has 3 heterocycles. The van der Waals surface area contributed by atoms with Crippen LogP contribution in [0.25, 0.3) is 11.3 Å². The van der Waals surface area contributed by atoms with Crippen molar-refractivity contribution in [1.29, 1.82) is 0 Å². The normalized spacial score (nSPS) is 17.4. The Morgan fingerprint density at radius 3 is 2.91 bits per heavy atom. The average molecular weight is 300 g/mol. The van der Waals surface area contributed by atoms with Gasteiger partial charge in [0.2, 0.25) is 5.95 Å². The molecule has 7 heteroatoms. The van der Waals surface area contributed by atoms with Crippen LogP contribution in [-0.4, -0.2) is 45.3 Å². The summed E-state index contributed by atoms with van der Waals surface area (Å²) in [4.78, 5) is 23.7. The number of aromatic nitrogens is 3. The number of ether oxygens (including phenoxy) is 1. The molecule has 114 valence electrons. The molecule has 2 aromatic rings. The summed E-state index contributed by atoms with van der Waals surface area (Å²) in [5.41, 5.74) is 1.13. The third kappa shape index (κ3) is 3.20. The van der Waals surface area contributed by atoms with Gasteiger partial charge in [0.05, 0.1) is 11.8 Å². The molecule has 0 saturated carbocycles. The molecular formula is C15H16N4O3. The first-order valence-corrected chi connectivity index (χ1v) is 7.10. The van der Waals surface area contributed by atoms with Crippen LogP contribution in [0.1, 0.15) is 23.2 Å². The number of aromatic carboxylic acids is 1. The second-order valence-corrected chi connectivity index (χ2v) is 5.01. The van der Waals surface area contributed by atoms with Crippen molar-refractivity contribution < 1.29 is 14.6 Å². The van der Waals surface area contributed by atoms with Crippen molar-refractivity contribution in [2.75, 3.05) is 18.5 Å². The van der Waals surface area contributed by atoms with Gasteiger partial charge in [0.1, 0.15) is 5.56 Å². The molecule has 0 aromatic carbocycles. The molecule has 3 rings (SSSR count). The van der Waals surface area contributed by atoms with E-state index in [0.717, 1.165) is 19.4 Å². The lowest BCUT2D eigenvalue weighted by Gasteiger charge is -2.12. The van der Waals surface area contributed by atoms with Crippen molar-refractivity contribution >= 4 is 11.9 Å². The number of carboxylic acid groups (broad SMARTS) is 1. The van der Waals surface area contributed by atoms with Gasteiger partial charge in [-0.15, -0.1) is 0 Å². The molecule has 0 aliphatic carbocycles. The summed E-state index contributed by atoms with van der Waals surface area (Å²) in [6, 6.07) is 3.44. The average Bonchev–Trinajstić information content (AvgIpc) is 3.07.